The van der Waals surface area contributed by atoms with E-state index in [2.05, 4.69) is 10.9 Å². The Bertz CT molecular complexity index is 1100. The van der Waals surface area contributed by atoms with E-state index in [1.54, 1.807) is 24.3 Å². The molecule has 2 aromatic rings. The van der Waals surface area contributed by atoms with Crippen LogP contribution in [0.15, 0.2) is 60.7 Å². The van der Waals surface area contributed by atoms with Gasteiger partial charge in [-0.25, -0.2) is 0 Å². The number of ether oxygens (including phenoxy) is 2. The van der Waals surface area contributed by atoms with Gasteiger partial charge in [-0.1, -0.05) is 24.3 Å². The number of nitrogens with one attached hydrogen (secondary N) is 2. The van der Waals surface area contributed by atoms with Crippen molar-refractivity contribution in [2.75, 3.05) is 13.2 Å². The molecule has 2 aromatic carbocycles. The van der Waals surface area contributed by atoms with Gasteiger partial charge in [-0.15, -0.1) is 0 Å². The van der Waals surface area contributed by atoms with Crippen molar-refractivity contribution >= 4 is 23.6 Å². The Hall–Kier alpha value is -4.14. The van der Waals surface area contributed by atoms with Crippen LogP contribution in [0.2, 0.25) is 0 Å². The van der Waals surface area contributed by atoms with Crippen LogP contribution in [-0.2, 0) is 21.0 Å². The predicted molar refractivity (Wildman–Crippen MR) is 126 cm³/mol. The first-order chi connectivity index (χ1) is 17.0. The van der Waals surface area contributed by atoms with Gasteiger partial charge in [0.05, 0.1) is 18.4 Å². The minimum Gasteiger partial charge on any atom is -0.494 e. The number of carbonyl (C=O) groups is 4. The summed E-state index contributed by atoms with van der Waals surface area (Å²) in [6.45, 7) is 2.42. The van der Waals surface area contributed by atoms with Gasteiger partial charge in [0, 0.05) is 5.56 Å². The predicted octanol–water partition coefficient (Wildman–Crippen LogP) is 2.38. The number of amides is 4. The molecule has 1 saturated heterocycles. The molecule has 0 unspecified atom stereocenters. The maximum atomic E-state index is 12.5. The molecule has 4 amide bonds. The Morgan fingerprint density at radius 1 is 0.857 bits per heavy atom. The van der Waals surface area contributed by atoms with E-state index >= 15 is 0 Å². The van der Waals surface area contributed by atoms with E-state index in [4.69, 9.17) is 9.47 Å². The molecule has 1 aliphatic heterocycles. The van der Waals surface area contributed by atoms with E-state index in [1.807, 2.05) is 43.3 Å². The maximum absolute atomic E-state index is 12.5. The number of carbonyl (C=O) groups excluding carboxylic acids is 4. The minimum absolute atomic E-state index is 0.321. The summed E-state index contributed by atoms with van der Waals surface area (Å²) in [4.78, 5) is 50.5. The monoisotopic (exact) mass is 477 g/mol. The Balaban J connectivity index is 1.23. The first-order valence-corrected chi connectivity index (χ1v) is 11.5. The largest absolute Gasteiger partial charge is 0.494 e. The second-order valence-corrected chi connectivity index (χ2v) is 8.31. The van der Waals surface area contributed by atoms with Crippen LogP contribution in [0.3, 0.4) is 0 Å². The summed E-state index contributed by atoms with van der Waals surface area (Å²) in [7, 11) is 0. The summed E-state index contributed by atoms with van der Waals surface area (Å²) < 4.78 is 11.1. The SMILES string of the molecule is CCOc1ccc(OCc2ccc(C(=O)NNC(=O)CN3C(=O)[C@@H]4CC=CC[C@H]4C3=O)cc2)cc1. The molecule has 0 saturated carbocycles. The highest BCUT2D eigenvalue weighted by Gasteiger charge is 2.47. The summed E-state index contributed by atoms with van der Waals surface area (Å²) >= 11 is 0. The topological polar surface area (TPSA) is 114 Å². The van der Waals surface area contributed by atoms with E-state index in [-0.39, 0.29) is 11.8 Å². The van der Waals surface area contributed by atoms with Crippen LogP contribution in [0.25, 0.3) is 0 Å². The van der Waals surface area contributed by atoms with Crippen molar-refractivity contribution in [1.82, 2.24) is 15.8 Å². The van der Waals surface area contributed by atoms with E-state index < -0.39 is 30.2 Å². The first-order valence-electron chi connectivity index (χ1n) is 11.5. The van der Waals surface area contributed by atoms with Crippen molar-refractivity contribution in [2.24, 2.45) is 11.8 Å². The minimum atomic E-state index is -0.646. The average Bonchev–Trinajstić information content (AvgIpc) is 3.12. The number of benzene rings is 2. The standard InChI is InChI=1S/C26H27N3O6/c1-2-34-19-11-13-20(14-12-19)35-16-17-7-9-18(10-8-17)24(31)28-27-23(30)15-29-25(32)21-5-3-4-6-22(21)26(29)33/h3-4,7-14,21-22H,2,5-6,15-16H2,1H3,(H,27,30)(H,28,31)/t21-,22-/m1/s1. The Labute approximate surface area is 203 Å². The molecule has 182 valence electrons. The van der Waals surface area contributed by atoms with E-state index in [1.165, 1.54) is 0 Å². The molecule has 1 heterocycles. The van der Waals surface area contributed by atoms with Gasteiger partial charge in [0.1, 0.15) is 24.7 Å². The molecular weight excluding hydrogens is 450 g/mol. The Morgan fingerprint density at radius 3 is 2.00 bits per heavy atom. The number of fused-ring (bicyclic) bond motifs is 1. The highest BCUT2D eigenvalue weighted by Crippen LogP contribution is 2.34. The number of hydrogen-bond acceptors (Lipinski definition) is 6. The molecule has 1 fully saturated rings. The average molecular weight is 478 g/mol. The highest BCUT2D eigenvalue weighted by molar-refractivity contribution is 6.07. The van der Waals surface area contributed by atoms with Crippen LogP contribution in [0, 0.1) is 11.8 Å². The van der Waals surface area contributed by atoms with Gasteiger partial charge in [-0.05, 0) is 61.7 Å². The van der Waals surface area contributed by atoms with E-state index in [0.29, 0.717) is 37.4 Å². The lowest BCUT2D eigenvalue weighted by molar-refractivity contribution is -0.143. The highest BCUT2D eigenvalue weighted by atomic mass is 16.5. The molecule has 0 bridgehead atoms. The third-order valence-corrected chi connectivity index (χ3v) is 5.97. The number of hydrogen-bond donors (Lipinski definition) is 2. The second kappa shape index (κ2) is 10.9. The van der Waals surface area contributed by atoms with Gasteiger partial charge in [0.2, 0.25) is 11.8 Å². The van der Waals surface area contributed by atoms with Gasteiger partial charge in [0.15, 0.2) is 0 Å². The lowest BCUT2D eigenvalue weighted by atomic mass is 9.85. The van der Waals surface area contributed by atoms with Crippen LogP contribution in [0.1, 0.15) is 35.7 Å². The molecular formula is C26H27N3O6. The van der Waals surface area contributed by atoms with Gasteiger partial charge in [-0.2, -0.15) is 0 Å². The fraction of sp³-hybridized carbons (Fsp3) is 0.308. The summed E-state index contributed by atoms with van der Waals surface area (Å²) in [5.74, 6) is -1.16. The molecule has 2 N–H and O–H groups in total. The maximum Gasteiger partial charge on any atom is 0.269 e. The quantitative estimate of drug-likeness (QED) is 0.343. The molecule has 0 spiro atoms. The molecule has 2 atom stereocenters. The summed E-state index contributed by atoms with van der Waals surface area (Å²) in [5, 5.41) is 0. The van der Waals surface area contributed by atoms with Crippen molar-refractivity contribution in [1.29, 1.82) is 0 Å². The molecule has 35 heavy (non-hydrogen) atoms. The van der Waals surface area contributed by atoms with Crippen LogP contribution in [0.5, 0.6) is 11.5 Å². The molecule has 0 radical (unpaired) electrons. The van der Waals surface area contributed by atoms with Crippen molar-refractivity contribution < 1.29 is 28.7 Å². The molecule has 1 aliphatic carbocycles. The summed E-state index contributed by atoms with van der Waals surface area (Å²) in [6, 6.07) is 14.0. The fourth-order valence-electron chi connectivity index (χ4n) is 4.12. The number of allylic oxidation sites excluding steroid dienone is 2. The number of hydrazine groups is 1. The smallest absolute Gasteiger partial charge is 0.269 e. The normalized spacial score (nSPS) is 18.7. The van der Waals surface area contributed by atoms with E-state index in [0.717, 1.165) is 16.2 Å². The van der Waals surface area contributed by atoms with Gasteiger partial charge in [0.25, 0.3) is 11.8 Å². The van der Waals surface area contributed by atoms with Gasteiger partial charge < -0.3 is 9.47 Å². The van der Waals surface area contributed by atoms with Crippen molar-refractivity contribution in [3.05, 3.63) is 71.8 Å². The summed E-state index contributed by atoms with van der Waals surface area (Å²) in [6.07, 6.45) is 4.78. The third kappa shape index (κ3) is 5.68. The molecule has 2 aliphatic rings. The van der Waals surface area contributed by atoms with Gasteiger partial charge in [-0.3, -0.25) is 34.9 Å². The Kier molecular flexibility index (Phi) is 7.45. The molecule has 9 heteroatoms. The lowest BCUT2D eigenvalue weighted by Gasteiger charge is -2.15. The fourth-order valence-corrected chi connectivity index (χ4v) is 4.12. The number of nitrogens with zero attached hydrogens (tertiary/aromatic N) is 1. The van der Waals surface area contributed by atoms with Crippen molar-refractivity contribution in [2.45, 2.75) is 26.4 Å². The van der Waals surface area contributed by atoms with E-state index in [9.17, 15) is 19.2 Å². The second-order valence-electron chi connectivity index (χ2n) is 8.31. The van der Waals surface area contributed by atoms with Crippen molar-refractivity contribution in [3.8, 4) is 11.5 Å². The summed E-state index contributed by atoms with van der Waals surface area (Å²) in [5.41, 5.74) is 5.78. The number of rotatable bonds is 8. The van der Waals surface area contributed by atoms with Crippen LogP contribution < -0.4 is 20.3 Å². The zero-order chi connectivity index (χ0) is 24.8. The lowest BCUT2D eigenvalue weighted by Crippen LogP contribution is -2.47. The van der Waals surface area contributed by atoms with Crippen LogP contribution in [0.4, 0.5) is 0 Å². The van der Waals surface area contributed by atoms with Gasteiger partial charge >= 0.3 is 0 Å². The zero-order valence-electron chi connectivity index (χ0n) is 19.4. The van der Waals surface area contributed by atoms with Crippen LogP contribution in [-0.4, -0.2) is 41.7 Å². The van der Waals surface area contributed by atoms with Crippen LogP contribution >= 0.6 is 0 Å². The number of likely N-dealkylation sites (tertiary alicyclic amines) is 1. The number of imide groups is 1. The first kappa shape index (κ1) is 24.0. The molecule has 4 rings (SSSR count). The molecule has 9 nitrogen and oxygen atoms in total. The zero-order valence-corrected chi connectivity index (χ0v) is 19.4. The molecule has 0 aromatic heterocycles. The van der Waals surface area contributed by atoms with Crippen molar-refractivity contribution in [3.63, 3.8) is 0 Å². The Morgan fingerprint density at radius 2 is 1.43 bits per heavy atom. The third-order valence-electron chi connectivity index (χ3n) is 5.97.